The molecular formula is C44H74Cl2O10. The molecule has 1 aliphatic rings. The van der Waals surface area contributed by atoms with Gasteiger partial charge >= 0.3 is 0 Å². The van der Waals surface area contributed by atoms with Gasteiger partial charge in [0.25, 0.3) is 0 Å². The lowest BCUT2D eigenvalue weighted by Gasteiger charge is -2.24. The summed E-state index contributed by atoms with van der Waals surface area (Å²) in [6.45, 7) is 23.4. The quantitative estimate of drug-likeness (QED) is 0.0675. The Balaban J connectivity index is 0.000000468. The van der Waals surface area contributed by atoms with Crippen molar-refractivity contribution in [3.05, 3.63) is 68.7 Å². The van der Waals surface area contributed by atoms with E-state index >= 15 is 0 Å². The molecule has 1 saturated heterocycles. The third-order valence-corrected chi connectivity index (χ3v) is 9.55. The van der Waals surface area contributed by atoms with E-state index in [1.165, 1.54) is 5.56 Å². The van der Waals surface area contributed by atoms with Gasteiger partial charge in [-0.05, 0) is 70.9 Å². The van der Waals surface area contributed by atoms with Crippen molar-refractivity contribution in [1.29, 1.82) is 0 Å². The van der Waals surface area contributed by atoms with Gasteiger partial charge in [0.2, 0.25) is 0 Å². The van der Waals surface area contributed by atoms with Crippen LogP contribution in [0, 0.1) is 11.8 Å². The van der Waals surface area contributed by atoms with Crippen LogP contribution in [0.2, 0.25) is 10.0 Å². The van der Waals surface area contributed by atoms with Crippen LogP contribution in [-0.4, -0.2) is 128 Å². The fourth-order valence-corrected chi connectivity index (χ4v) is 5.98. The molecular weight excluding hydrogens is 759 g/mol. The normalized spacial score (nSPS) is 15.4. The second kappa shape index (κ2) is 31.5. The summed E-state index contributed by atoms with van der Waals surface area (Å²) in [5.41, 5.74) is 4.58. The van der Waals surface area contributed by atoms with Crippen molar-refractivity contribution in [3.8, 4) is 0 Å². The summed E-state index contributed by atoms with van der Waals surface area (Å²) in [6.07, 6.45) is 0.844. The maximum atomic E-state index is 10.1. The predicted octanol–water partition coefficient (Wildman–Crippen LogP) is 8.18. The summed E-state index contributed by atoms with van der Waals surface area (Å²) in [7, 11) is 3.29. The van der Waals surface area contributed by atoms with Crippen LogP contribution in [0.3, 0.4) is 0 Å². The molecule has 1 fully saturated rings. The highest BCUT2D eigenvalue weighted by atomic mass is 35.5. The first-order chi connectivity index (χ1) is 26.7. The summed E-state index contributed by atoms with van der Waals surface area (Å²) in [5.74, 6) is 1.45. The van der Waals surface area contributed by atoms with E-state index in [2.05, 4.69) is 65.8 Å². The third kappa shape index (κ3) is 25.2. The zero-order chi connectivity index (χ0) is 41.9. The average molecular weight is 834 g/mol. The molecule has 1 heterocycles. The van der Waals surface area contributed by atoms with Gasteiger partial charge in [-0.25, -0.2) is 0 Å². The standard InChI is InChI=1S/C22H37ClO5.C14H21ClO.C8H16O4/c1-16(2)20-7-6-18(12-21(20)23)13-22(17(3)4)28-15-19(24)14-27-11-10-26-9-8-25-5;1-9(2)12-6-5-11(7-13(12)15)8-14(16)10(3)4;1-9-2-3-10-4-5-11-6-8-7-12-8/h6-7,12,16-17,19,22,24H,8-11,13-15H2,1-5H3;5-7,9-10,14,16H,8H2,1-4H3;8H,2-7H2,1H3. The molecule has 0 saturated carbocycles. The van der Waals surface area contributed by atoms with Gasteiger partial charge in [0.15, 0.2) is 0 Å². The molecule has 12 heteroatoms. The molecule has 10 nitrogen and oxygen atoms in total. The summed E-state index contributed by atoms with van der Waals surface area (Å²) >= 11 is 12.6. The zero-order valence-corrected chi connectivity index (χ0v) is 37.4. The lowest BCUT2D eigenvalue weighted by atomic mass is 9.96. The number of methoxy groups -OCH3 is 2. The molecule has 3 rings (SSSR count). The van der Waals surface area contributed by atoms with Crippen LogP contribution in [0.5, 0.6) is 0 Å². The van der Waals surface area contributed by atoms with E-state index in [0.29, 0.717) is 89.7 Å². The second-order valence-electron chi connectivity index (χ2n) is 15.3. The molecule has 4 unspecified atom stereocenters. The van der Waals surface area contributed by atoms with Gasteiger partial charge in [0.05, 0.1) is 91.5 Å². The molecule has 56 heavy (non-hydrogen) atoms. The van der Waals surface area contributed by atoms with Crippen molar-refractivity contribution in [1.82, 2.24) is 0 Å². The van der Waals surface area contributed by atoms with Gasteiger partial charge in [0, 0.05) is 24.3 Å². The van der Waals surface area contributed by atoms with Gasteiger partial charge in [-0.1, -0.05) is 103 Å². The van der Waals surface area contributed by atoms with E-state index in [4.69, 9.17) is 61.1 Å². The Morgan fingerprint density at radius 1 is 0.625 bits per heavy atom. The number of aliphatic hydroxyl groups excluding tert-OH is 2. The average Bonchev–Trinajstić information content (AvgIpc) is 3.97. The fourth-order valence-electron chi connectivity index (χ4n) is 5.13. The topological polar surface area (TPSA) is 118 Å². The van der Waals surface area contributed by atoms with E-state index in [9.17, 15) is 10.2 Å². The lowest BCUT2D eigenvalue weighted by molar-refractivity contribution is -0.0627. The van der Waals surface area contributed by atoms with E-state index < -0.39 is 6.10 Å². The van der Waals surface area contributed by atoms with E-state index in [-0.39, 0.29) is 31.3 Å². The summed E-state index contributed by atoms with van der Waals surface area (Å²) < 4.78 is 41.8. The molecule has 4 atom stereocenters. The number of ether oxygens (including phenoxy) is 8. The first kappa shape index (κ1) is 52.6. The molecule has 1 aliphatic heterocycles. The zero-order valence-electron chi connectivity index (χ0n) is 35.9. The SMILES string of the molecule is CC(C)c1ccc(CC(O)C(C)C)cc1Cl.COCCOCCOCC(O)COC(Cc1ccc(C(C)C)c(Cl)c1)C(C)C.COCCOCCOCC1CO1. The van der Waals surface area contributed by atoms with Crippen LogP contribution in [0.1, 0.15) is 89.5 Å². The maximum absolute atomic E-state index is 10.1. The maximum Gasteiger partial charge on any atom is 0.104 e. The Bertz CT molecular complexity index is 1260. The number of halogens is 2. The Hall–Kier alpha value is -1.38. The minimum Gasteiger partial charge on any atom is -0.393 e. The van der Waals surface area contributed by atoms with Crippen LogP contribution in [0.25, 0.3) is 0 Å². The van der Waals surface area contributed by atoms with Crippen molar-refractivity contribution < 1.29 is 48.1 Å². The summed E-state index contributed by atoms with van der Waals surface area (Å²) in [5, 5.41) is 21.5. The van der Waals surface area contributed by atoms with Crippen LogP contribution in [0.15, 0.2) is 36.4 Å². The number of hydrogen-bond donors (Lipinski definition) is 2. The van der Waals surface area contributed by atoms with Gasteiger partial charge in [-0.2, -0.15) is 0 Å². The van der Waals surface area contributed by atoms with E-state index in [1.807, 2.05) is 26.0 Å². The summed E-state index contributed by atoms with van der Waals surface area (Å²) in [4.78, 5) is 0. The number of hydrogen-bond acceptors (Lipinski definition) is 10. The van der Waals surface area contributed by atoms with Gasteiger partial charge in [0.1, 0.15) is 12.2 Å². The minimum absolute atomic E-state index is 0.00740. The van der Waals surface area contributed by atoms with Crippen molar-refractivity contribution in [2.45, 2.75) is 104 Å². The van der Waals surface area contributed by atoms with E-state index in [1.54, 1.807) is 14.2 Å². The molecule has 0 amide bonds. The first-order valence-corrected chi connectivity index (χ1v) is 20.9. The highest BCUT2D eigenvalue weighted by molar-refractivity contribution is 6.31. The monoisotopic (exact) mass is 832 g/mol. The highest BCUT2D eigenvalue weighted by Gasteiger charge is 2.22. The highest BCUT2D eigenvalue weighted by Crippen LogP contribution is 2.27. The number of aliphatic hydroxyl groups is 2. The Labute approximate surface area is 348 Å². The lowest BCUT2D eigenvalue weighted by Crippen LogP contribution is -2.30. The molecule has 0 spiro atoms. The van der Waals surface area contributed by atoms with Gasteiger partial charge < -0.3 is 48.1 Å². The minimum atomic E-state index is -0.660. The molecule has 0 bridgehead atoms. The van der Waals surface area contributed by atoms with Crippen molar-refractivity contribution in [3.63, 3.8) is 0 Å². The molecule has 324 valence electrons. The first-order valence-electron chi connectivity index (χ1n) is 20.1. The molecule has 0 aliphatic carbocycles. The Kier molecular flexibility index (Phi) is 29.6. The fraction of sp³-hybridized carbons (Fsp3) is 0.727. The molecule has 2 aromatic carbocycles. The van der Waals surface area contributed by atoms with Crippen LogP contribution >= 0.6 is 23.2 Å². The van der Waals surface area contributed by atoms with Crippen LogP contribution in [0.4, 0.5) is 0 Å². The van der Waals surface area contributed by atoms with Gasteiger partial charge in [-0.3, -0.25) is 0 Å². The Morgan fingerprint density at radius 3 is 1.52 bits per heavy atom. The van der Waals surface area contributed by atoms with Crippen LogP contribution < -0.4 is 0 Å². The van der Waals surface area contributed by atoms with Gasteiger partial charge in [-0.15, -0.1) is 0 Å². The third-order valence-electron chi connectivity index (χ3n) is 8.90. The van der Waals surface area contributed by atoms with Crippen molar-refractivity contribution in [2.75, 3.05) is 93.5 Å². The predicted molar refractivity (Wildman–Crippen MR) is 227 cm³/mol. The van der Waals surface area contributed by atoms with Crippen molar-refractivity contribution in [2.24, 2.45) is 11.8 Å². The second-order valence-corrected chi connectivity index (χ2v) is 16.1. The summed E-state index contributed by atoms with van der Waals surface area (Å²) in [6, 6.07) is 12.3. The van der Waals surface area contributed by atoms with E-state index in [0.717, 1.165) is 39.8 Å². The Morgan fingerprint density at radius 2 is 1.09 bits per heavy atom. The molecule has 0 aromatic heterocycles. The molecule has 2 aromatic rings. The molecule has 0 radical (unpaired) electrons. The number of benzene rings is 2. The van der Waals surface area contributed by atoms with Crippen LogP contribution in [-0.2, 0) is 50.7 Å². The smallest absolute Gasteiger partial charge is 0.104 e. The molecule has 2 N–H and O–H groups in total. The number of rotatable bonds is 27. The number of epoxide rings is 1. The van der Waals surface area contributed by atoms with Crippen molar-refractivity contribution >= 4 is 23.2 Å². The largest absolute Gasteiger partial charge is 0.393 e.